The van der Waals surface area contributed by atoms with Crippen molar-refractivity contribution in [1.29, 1.82) is 0 Å². The molecule has 21 heavy (non-hydrogen) atoms. The number of carbonyl (C=O) groups is 2. The van der Waals surface area contributed by atoms with Gasteiger partial charge in [0.05, 0.1) is 6.04 Å². The lowest BCUT2D eigenvalue weighted by Gasteiger charge is -2.21. The van der Waals surface area contributed by atoms with E-state index in [0.29, 0.717) is 23.7 Å². The molecule has 1 unspecified atom stereocenters. The number of nitrogens with one attached hydrogen (secondary N) is 2. The molecule has 0 spiro atoms. The summed E-state index contributed by atoms with van der Waals surface area (Å²) in [5.74, 6) is 0.0780. The van der Waals surface area contributed by atoms with Crippen LogP contribution in [0.5, 0.6) is 0 Å². The van der Waals surface area contributed by atoms with Gasteiger partial charge < -0.3 is 15.5 Å². The Morgan fingerprint density at radius 3 is 2.76 bits per heavy atom. The van der Waals surface area contributed by atoms with Gasteiger partial charge in [0.2, 0.25) is 5.91 Å². The van der Waals surface area contributed by atoms with Gasteiger partial charge in [0.1, 0.15) is 0 Å². The molecule has 1 fully saturated rings. The van der Waals surface area contributed by atoms with Crippen molar-refractivity contribution in [3.05, 3.63) is 28.8 Å². The average molecular weight is 310 g/mol. The van der Waals surface area contributed by atoms with E-state index in [1.54, 1.807) is 23.1 Å². The van der Waals surface area contributed by atoms with Crippen LogP contribution in [-0.4, -0.2) is 35.5 Å². The third kappa shape index (κ3) is 3.67. The molecule has 114 valence electrons. The van der Waals surface area contributed by atoms with E-state index in [-0.39, 0.29) is 24.0 Å². The van der Waals surface area contributed by atoms with Crippen LogP contribution < -0.4 is 10.6 Å². The summed E-state index contributed by atoms with van der Waals surface area (Å²) in [5, 5.41) is 6.21. The van der Waals surface area contributed by atoms with Crippen molar-refractivity contribution in [2.75, 3.05) is 11.9 Å². The van der Waals surface area contributed by atoms with Gasteiger partial charge in [-0.25, -0.2) is 4.79 Å². The summed E-state index contributed by atoms with van der Waals surface area (Å²) in [6, 6.07) is 5.03. The molecule has 1 aliphatic rings. The number of benzene rings is 1. The van der Waals surface area contributed by atoms with Gasteiger partial charge in [-0.3, -0.25) is 4.79 Å². The topological polar surface area (TPSA) is 61.4 Å². The minimum Gasteiger partial charge on any atom is -0.338 e. The third-order valence-electron chi connectivity index (χ3n) is 3.63. The van der Waals surface area contributed by atoms with E-state index in [0.717, 1.165) is 5.56 Å². The first-order chi connectivity index (χ1) is 9.88. The van der Waals surface area contributed by atoms with Crippen LogP contribution in [0.2, 0.25) is 5.02 Å². The quantitative estimate of drug-likeness (QED) is 0.902. The number of likely N-dealkylation sites (tertiary alicyclic amines) is 1. The van der Waals surface area contributed by atoms with E-state index >= 15 is 0 Å². The minimum absolute atomic E-state index is 0.0780. The highest BCUT2D eigenvalue weighted by molar-refractivity contribution is 6.31. The van der Waals surface area contributed by atoms with Gasteiger partial charge >= 0.3 is 6.03 Å². The van der Waals surface area contributed by atoms with Crippen LogP contribution in [0.3, 0.4) is 0 Å². The zero-order chi connectivity index (χ0) is 15.6. The van der Waals surface area contributed by atoms with Gasteiger partial charge in [-0.2, -0.15) is 0 Å². The second kappa shape index (κ2) is 6.35. The van der Waals surface area contributed by atoms with Gasteiger partial charge in [-0.15, -0.1) is 0 Å². The number of halogens is 1. The number of nitrogens with zero attached hydrogens (tertiary/aromatic N) is 1. The zero-order valence-corrected chi connectivity index (χ0v) is 13.2. The summed E-state index contributed by atoms with van der Waals surface area (Å²) < 4.78 is 0. The molecule has 6 heteroatoms. The summed E-state index contributed by atoms with van der Waals surface area (Å²) >= 11 is 6.02. The molecule has 2 rings (SSSR count). The van der Waals surface area contributed by atoms with Crippen molar-refractivity contribution < 1.29 is 9.59 Å². The SMILES string of the molecule is Cc1c(Cl)cccc1NC(=O)NC1CC(=O)N(C(C)C)C1. The first-order valence-electron chi connectivity index (χ1n) is 7.00. The summed E-state index contributed by atoms with van der Waals surface area (Å²) in [6.45, 7) is 6.33. The summed E-state index contributed by atoms with van der Waals surface area (Å²) in [4.78, 5) is 25.6. The molecule has 5 nitrogen and oxygen atoms in total. The highest BCUT2D eigenvalue weighted by Gasteiger charge is 2.31. The Morgan fingerprint density at radius 1 is 1.43 bits per heavy atom. The van der Waals surface area contributed by atoms with Crippen LogP contribution >= 0.6 is 11.6 Å². The maximum absolute atomic E-state index is 12.0. The number of hydrogen-bond donors (Lipinski definition) is 2. The van der Waals surface area contributed by atoms with Gasteiger partial charge in [0, 0.05) is 29.7 Å². The molecule has 3 amide bonds. The average Bonchev–Trinajstić information content (AvgIpc) is 2.76. The Balaban J connectivity index is 1.94. The van der Waals surface area contributed by atoms with Gasteiger partial charge in [-0.1, -0.05) is 17.7 Å². The number of rotatable bonds is 3. The van der Waals surface area contributed by atoms with Crippen LogP contribution in [0.15, 0.2) is 18.2 Å². The molecule has 0 radical (unpaired) electrons. The number of hydrogen-bond acceptors (Lipinski definition) is 2. The number of amides is 3. The van der Waals surface area contributed by atoms with E-state index in [9.17, 15) is 9.59 Å². The van der Waals surface area contributed by atoms with Crippen LogP contribution in [0.25, 0.3) is 0 Å². The molecule has 0 aromatic heterocycles. The van der Waals surface area contributed by atoms with E-state index in [1.165, 1.54) is 0 Å². The molecular formula is C15H20ClN3O2. The largest absolute Gasteiger partial charge is 0.338 e. The predicted octanol–water partition coefficient (Wildman–Crippen LogP) is 2.78. The Bertz CT molecular complexity index is 560. The van der Waals surface area contributed by atoms with E-state index in [4.69, 9.17) is 11.6 Å². The molecule has 0 bridgehead atoms. The maximum Gasteiger partial charge on any atom is 0.319 e. The molecule has 1 aromatic rings. The second-order valence-electron chi connectivity index (χ2n) is 5.55. The van der Waals surface area contributed by atoms with E-state index < -0.39 is 0 Å². The third-order valence-corrected chi connectivity index (χ3v) is 4.04. The molecule has 0 saturated carbocycles. The zero-order valence-electron chi connectivity index (χ0n) is 12.4. The smallest absolute Gasteiger partial charge is 0.319 e. The lowest BCUT2D eigenvalue weighted by Crippen LogP contribution is -2.40. The first-order valence-corrected chi connectivity index (χ1v) is 7.38. The Hall–Kier alpha value is -1.75. The van der Waals surface area contributed by atoms with E-state index in [1.807, 2.05) is 20.8 Å². The number of urea groups is 1. The van der Waals surface area contributed by atoms with Crippen molar-refractivity contribution in [1.82, 2.24) is 10.2 Å². The molecule has 2 N–H and O–H groups in total. The Morgan fingerprint density at radius 2 is 2.14 bits per heavy atom. The monoisotopic (exact) mass is 309 g/mol. The van der Waals surface area contributed by atoms with Gasteiger partial charge in [-0.05, 0) is 38.5 Å². The van der Waals surface area contributed by atoms with Crippen molar-refractivity contribution in [2.24, 2.45) is 0 Å². The van der Waals surface area contributed by atoms with Gasteiger partial charge in [0.25, 0.3) is 0 Å². The normalized spacial score (nSPS) is 18.2. The molecule has 1 aromatic carbocycles. The number of carbonyl (C=O) groups excluding carboxylic acids is 2. The highest BCUT2D eigenvalue weighted by Crippen LogP contribution is 2.23. The predicted molar refractivity (Wildman–Crippen MR) is 83.6 cm³/mol. The standard InChI is InChI=1S/C15H20ClN3O2/c1-9(2)19-8-11(7-14(19)20)17-15(21)18-13-6-4-5-12(16)10(13)3/h4-6,9,11H,7-8H2,1-3H3,(H2,17,18,21). The fourth-order valence-corrected chi connectivity index (χ4v) is 2.59. The highest BCUT2D eigenvalue weighted by atomic mass is 35.5. The lowest BCUT2D eigenvalue weighted by atomic mass is 10.2. The summed E-state index contributed by atoms with van der Waals surface area (Å²) in [5.41, 5.74) is 1.49. The molecule has 1 saturated heterocycles. The van der Waals surface area contributed by atoms with Crippen molar-refractivity contribution in [3.63, 3.8) is 0 Å². The van der Waals surface area contributed by atoms with Crippen molar-refractivity contribution >= 4 is 29.2 Å². The minimum atomic E-state index is -0.316. The molecule has 0 aliphatic carbocycles. The van der Waals surface area contributed by atoms with Gasteiger partial charge in [0.15, 0.2) is 0 Å². The van der Waals surface area contributed by atoms with Crippen molar-refractivity contribution in [3.8, 4) is 0 Å². The Labute approximate surface area is 129 Å². The van der Waals surface area contributed by atoms with Crippen LogP contribution in [0.4, 0.5) is 10.5 Å². The molecule has 1 atom stereocenters. The lowest BCUT2D eigenvalue weighted by molar-refractivity contribution is -0.129. The molecule has 1 heterocycles. The molecular weight excluding hydrogens is 290 g/mol. The van der Waals surface area contributed by atoms with Crippen LogP contribution in [0, 0.1) is 6.92 Å². The fourth-order valence-electron chi connectivity index (χ4n) is 2.41. The van der Waals surface area contributed by atoms with Crippen molar-refractivity contribution in [2.45, 2.75) is 39.3 Å². The molecule has 1 aliphatic heterocycles. The summed E-state index contributed by atoms with van der Waals surface area (Å²) in [6.07, 6.45) is 0.347. The number of anilines is 1. The fraction of sp³-hybridized carbons (Fsp3) is 0.467. The second-order valence-corrected chi connectivity index (χ2v) is 5.96. The summed E-state index contributed by atoms with van der Waals surface area (Å²) in [7, 11) is 0. The maximum atomic E-state index is 12.0. The Kier molecular flexibility index (Phi) is 4.73. The van der Waals surface area contributed by atoms with E-state index in [2.05, 4.69) is 10.6 Å². The first kappa shape index (κ1) is 15.6. The van der Waals surface area contributed by atoms with Crippen LogP contribution in [0.1, 0.15) is 25.8 Å². The van der Waals surface area contributed by atoms with Crippen LogP contribution in [-0.2, 0) is 4.79 Å².